The van der Waals surface area contributed by atoms with E-state index in [4.69, 9.17) is 14.6 Å². The van der Waals surface area contributed by atoms with Crippen LogP contribution in [-0.2, 0) is 19.1 Å². The van der Waals surface area contributed by atoms with E-state index in [1.807, 2.05) is 0 Å². The molecule has 0 aliphatic heterocycles. The maximum atomic E-state index is 11.3. The Bertz CT molecular complexity index is 379. The molecule has 0 aromatic rings. The summed E-state index contributed by atoms with van der Waals surface area (Å²) in [5, 5.41) is 20.6. The molecular formula is C13H24N2O7. The summed E-state index contributed by atoms with van der Waals surface area (Å²) < 4.78 is 10.1. The minimum atomic E-state index is -1.11. The second-order valence-corrected chi connectivity index (χ2v) is 5.45. The van der Waals surface area contributed by atoms with Crippen molar-refractivity contribution in [3.8, 4) is 0 Å². The van der Waals surface area contributed by atoms with E-state index >= 15 is 0 Å². The van der Waals surface area contributed by atoms with Crippen LogP contribution in [0, 0.1) is 0 Å². The van der Waals surface area contributed by atoms with E-state index in [2.05, 4.69) is 5.32 Å². The molecule has 0 aliphatic carbocycles. The number of rotatable bonds is 9. The zero-order valence-electron chi connectivity index (χ0n) is 13.1. The lowest BCUT2D eigenvalue weighted by atomic mass is 10.2. The summed E-state index contributed by atoms with van der Waals surface area (Å²) >= 11 is 0. The zero-order valence-corrected chi connectivity index (χ0v) is 13.1. The van der Waals surface area contributed by atoms with E-state index < -0.39 is 23.6 Å². The first kappa shape index (κ1) is 20.1. The summed E-state index contributed by atoms with van der Waals surface area (Å²) in [7, 11) is 0. The number of nitrogens with one attached hydrogen (secondary N) is 1. The van der Waals surface area contributed by atoms with Crippen LogP contribution in [0.4, 0.5) is 4.79 Å². The Morgan fingerprint density at radius 2 is 1.77 bits per heavy atom. The minimum Gasteiger partial charge on any atom is -0.481 e. The largest absolute Gasteiger partial charge is 0.481 e. The Morgan fingerprint density at radius 1 is 1.14 bits per heavy atom. The number of alkyl carbamates (subject to hydrolysis) is 1. The van der Waals surface area contributed by atoms with Crippen molar-refractivity contribution in [2.75, 3.05) is 26.3 Å². The van der Waals surface area contributed by atoms with Crippen molar-refractivity contribution in [1.29, 1.82) is 0 Å². The molecule has 128 valence electrons. The Balaban J connectivity index is 3.62. The highest BCUT2D eigenvalue weighted by Gasteiger charge is 2.15. The summed E-state index contributed by atoms with van der Waals surface area (Å²) in [6, 6.07) is 0. The van der Waals surface area contributed by atoms with Gasteiger partial charge in [-0.1, -0.05) is 0 Å². The van der Waals surface area contributed by atoms with E-state index in [-0.39, 0.29) is 39.1 Å². The molecule has 2 amide bonds. The van der Waals surface area contributed by atoms with Crippen molar-refractivity contribution in [3.63, 3.8) is 0 Å². The molecule has 0 atom stereocenters. The van der Waals surface area contributed by atoms with Gasteiger partial charge in [0.15, 0.2) is 0 Å². The van der Waals surface area contributed by atoms with Crippen LogP contribution in [0.5, 0.6) is 0 Å². The number of amides is 2. The highest BCUT2D eigenvalue weighted by atomic mass is 16.6. The number of aliphatic carboxylic acids is 1. The molecule has 0 bridgehead atoms. The zero-order chi connectivity index (χ0) is 17.2. The van der Waals surface area contributed by atoms with Crippen LogP contribution in [0.25, 0.3) is 0 Å². The molecule has 0 unspecified atom stereocenters. The summed E-state index contributed by atoms with van der Waals surface area (Å²) in [4.78, 5) is 32.8. The third-order valence-corrected chi connectivity index (χ3v) is 2.20. The van der Waals surface area contributed by atoms with Crippen molar-refractivity contribution in [2.45, 2.75) is 39.2 Å². The third-order valence-electron chi connectivity index (χ3n) is 2.20. The molecule has 0 radical (unpaired) electrons. The first-order valence-corrected chi connectivity index (χ1v) is 6.87. The van der Waals surface area contributed by atoms with Gasteiger partial charge in [-0.25, -0.2) is 9.86 Å². The molecule has 0 heterocycles. The number of nitrogens with zero attached hydrogens (tertiary/aromatic N) is 1. The predicted molar refractivity (Wildman–Crippen MR) is 75.4 cm³/mol. The number of carbonyl (C=O) groups is 3. The molecule has 9 heteroatoms. The Hall–Kier alpha value is -1.87. The summed E-state index contributed by atoms with van der Waals surface area (Å²) in [5.74, 6) is -1.79. The van der Waals surface area contributed by atoms with Gasteiger partial charge in [-0.3, -0.25) is 14.8 Å². The Morgan fingerprint density at radius 3 is 2.32 bits per heavy atom. The van der Waals surface area contributed by atoms with Gasteiger partial charge in [-0.2, -0.15) is 0 Å². The van der Waals surface area contributed by atoms with Crippen LogP contribution in [0.15, 0.2) is 0 Å². The lowest BCUT2D eigenvalue weighted by Crippen LogP contribution is -2.35. The molecule has 3 N–H and O–H groups in total. The highest BCUT2D eigenvalue weighted by Crippen LogP contribution is 2.06. The van der Waals surface area contributed by atoms with Gasteiger partial charge < -0.3 is 19.9 Å². The maximum Gasteiger partial charge on any atom is 0.407 e. The average molecular weight is 320 g/mol. The minimum absolute atomic E-state index is 0.0608. The van der Waals surface area contributed by atoms with Crippen molar-refractivity contribution in [1.82, 2.24) is 10.4 Å². The highest BCUT2D eigenvalue weighted by molar-refractivity contribution is 5.79. The summed E-state index contributed by atoms with van der Waals surface area (Å²) in [6.45, 7) is 5.65. The fourth-order valence-electron chi connectivity index (χ4n) is 1.26. The first-order valence-electron chi connectivity index (χ1n) is 6.87. The van der Waals surface area contributed by atoms with Crippen molar-refractivity contribution in [2.24, 2.45) is 0 Å². The van der Waals surface area contributed by atoms with Crippen LogP contribution in [0.3, 0.4) is 0 Å². The number of hydrogen-bond acceptors (Lipinski definition) is 6. The van der Waals surface area contributed by atoms with E-state index in [0.717, 1.165) is 0 Å². The van der Waals surface area contributed by atoms with E-state index in [9.17, 15) is 19.6 Å². The summed E-state index contributed by atoms with van der Waals surface area (Å²) in [6.07, 6.45) is -1.16. The van der Waals surface area contributed by atoms with E-state index in [0.29, 0.717) is 5.06 Å². The number of carboxylic acid groups (broad SMARTS) is 1. The standard InChI is InChI=1S/C13H24N2O7/c1-13(2,3)22-12(19)14-6-8-21-9-7-15(20)10(16)4-5-11(17)18/h20H,4-9H2,1-3H3,(H,14,19)(H,17,18). The van der Waals surface area contributed by atoms with E-state index in [1.54, 1.807) is 20.8 Å². The lowest BCUT2D eigenvalue weighted by Gasteiger charge is -2.19. The van der Waals surface area contributed by atoms with Gasteiger partial charge in [0.1, 0.15) is 5.60 Å². The maximum absolute atomic E-state index is 11.3. The van der Waals surface area contributed by atoms with Crippen molar-refractivity contribution < 1.29 is 34.2 Å². The molecule has 0 aromatic carbocycles. The lowest BCUT2D eigenvalue weighted by molar-refractivity contribution is -0.169. The van der Waals surface area contributed by atoms with Crippen LogP contribution in [0.1, 0.15) is 33.6 Å². The van der Waals surface area contributed by atoms with Crippen LogP contribution in [0.2, 0.25) is 0 Å². The quantitative estimate of drug-likeness (QED) is 0.323. The van der Waals surface area contributed by atoms with Crippen LogP contribution < -0.4 is 5.32 Å². The monoisotopic (exact) mass is 320 g/mol. The second kappa shape index (κ2) is 9.96. The predicted octanol–water partition coefficient (Wildman–Crippen LogP) is 0.610. The van der Waals surface area contributed by atoms with Crippen LogP contribution >= 0.6 is 0 Å². The average Bonchev–Trinajstić information content (AvgIpc) is 2.37. The fraction of sp³-hybridized carbons (Fsp3) is 0.769. The third kappa shape index (κ3) is 11.9. The number of hydrogen-bond donors (Lipinski definition) is 3. The second-order valence-electron chi connectivity index (χ2n) is 5.45. The molecule has 0 spiro atoms. The van der Waals surface area contributed by atoms with Crippen molar-refractivity contribution >= 4 is 18.0 Å². The molecule has 0 saturated carbocycles. The van der Waals surface area contributed by atoms with Gasteiger partial charge in [-0.15, -0.1) is 0 Å². The van der Waals surface area contributed by atoms with Gasteiger partial charge in [0.05, 0.1) is 26.2 Å². The fourth-order valence-corrected chi connectivity index (χ4v) is 1.26. The number of carboxylic acids is 1. The molecule has 0 aromatic heterocycles. The smallest absolute Gasteiger partial charge is 0.407 e. The Kier molecular flexibility index (Phi) is 9.11. The van der Waals surface area contributed by atoms with Gasteiger partial charge in [0.25, 0.3) is 0 Å². The molecule has 9 nitrogen and oxygen atoms in total. The molecular weight excluding hydrogens is 296 g/mol. The SMILES string of the molecule is CC(C)(C)OC(=O)NCCOCCN(O)C(=O)CCC(=O)O. The topological polar surface area (TPSA) is 125 Å². The van der Waals surface area contributed by atoms with E-state index in [1.165, 1.54) is 0 Å². The molecule has 0 saturated heterocycles. The molecule has 0 rings (SSSR count). The number of carbonyl (C=O) groups excluding carboxylic acids is 2. The summed E-state index contributed by atoms with van der Waals surface area (Å²) in [5.41, 5.74) is -0.571. The molecule has 0 fully saturated rings. The van der Waals surface area contributed by atoms with Crippen LogP contribution in [-0.4, -0.2) is 65.3 Å². The van der Waals surface area contributed by atoms with Gasteiger partial charge in [-0.05, 0) is 20.8 Å². The number of ether oxygens (including phenoxy) is 2. The van der Waals surface area contributed by atoms with Gasteiger partial charge in [0.2, 0.25) is 5.91 Å². The number of hydroxylamine groups is 2. The van der Waals surface area contributed by atoms with Gasteiger partial charge >= 0.3 is 12.1 Å². The molecule has 22 heavy (non-hydrogen) atoms. The van der Waals surface area contributed by atoms with Gasteiger partial charge in [0, 0.05) is 13.0 Å². The van der Waals surface area contributed by atoms with Crippen molar-refractivity contribution in [3.05, 3.63) is 0 Å². The molecule has 0 aliphatic rings. The normalized spacial score (nSPS) is 10.9. The first-order chi connectivity index (χ1) is 10.1. The Labute approximate surface area is 129 Å².